The first-order valence-electron chi connectivity index (χ1n) is 41.0. The number of rotatable bonds is 78. The van der Waals surface area contributed by atoms with E-state index >= 15 is 0 Å². The van der Waals surface area contributed by atoms with Gasteiger partial charge in [-0.1, -0.05) is 363 Å². The van der Waals surface area contributed by atoms with Gasteiger partial charge in [-0.2, -0.15) is 0 Å². The number of phosphoric acid groups is 2. The molecule has 0 spiro atoms. The van der Waals surface area contributed by atoms with E-state index in [1.54, 1.807) is 0 Å². The average Bonchev–Trinajstić information content (AvgIpc) is 1.15. The van der Waals surface area contributed by atoms with Crippen LogP contribution in [0.2, 0.25) is 0 Å². The van der Waals surface area contributed by atoms with E-state index in [0.29, 0.717) is 25.7 Å². The molecule has 0 aliphatic heterocycles. The molecule has 6 atom stereocenters. The Balaban J connectivity index is 5.20. The van der Waals surface area contributed by atoms with Crippen LogP contribution in [-0.2, 0) is 65.4 Å². The Bertz CT molecular complexity index is 1890. The summed E-state index contributed by atoms with van der Waals surface area (Å²) in [7, 11) is -9.91. The Morgan fingerprint density at radius 1 is 0.296 bits per heavy atom. The van der Waals surface area contributed by atoms with Crippen molar-refractivity contribution in [1.29, 1.82) is 0 Å². The Labute approximate surface area is 600 Å². The van der Waals surface area contributed by atoms with Crippen molar-refractivity contribution in [3.63, 3.8) is 0 Å². The molecule has 0 saturated carbocycles. The summed E-state index contributed by atoms with van der Waals surface area (Å²) in [6.07, 6.45) is 59.8. The van der Waals surface area contributed by atoms with E-state index in [-0.39, 0.29) is 25.7 Å². The van der Waals surface area contributed by atoms with Gasteiger partial charge in [0.25, 0.3) is 0 Å². The van der Waals surface area contributed by atoms with Crippen molar-refractivity contribution in [2.24, 2.45) is 11.8 Å². The molecule has 0 saturated heterocycles. The summed E-state index contributed by atoms with van der Waals surface area (Å²) < 4.78 is 68.6. The third-order valence-electron chi connectivity index (χ3n) is 18.8. The Morgan fingerprint density at radius 3 is 0.776 bits per heavy atom. The predicted octanol–water partition coefficient (Wildman–Crippen LogP) is 23.5. The van der Waals surface area contributed by atoms with Crippen molar-refractivity contribution >= 4 is 39.5 Å². The van der Waals surface area contributed by atoms with Crippen LogP contribution in [0.4, 0.5) is 0 Å². The third-order valence-corrected chi connectivity index (χ3v) is 20.7. The summed E-state index contributed by atoms with van der Waals surface area (Å²) in [6.45, 7) is 9.59. The topological polar surface area (TPSA) is 237 Å². The number of ether oxygens (including phenoxy) is 4. The highest BCUT2D eigenvalue weighted by Crippen LogP contribution is 2.45. The molecule has 0 aromatic heterocycles. The van der Waals surface area contributed by atoms with Gasteiger partial charge in [0, 0.05) is 25.7 Å². The molecular formula is C79H154O17P2. The number of hydrogen-bond donors (Lipinski definition) is 3. The zero-order chi connectivity index (χ0) is 72.1. The molecule has 0 aliphatic carbocycles. The average molecular weight is 1440 g/mol. The Kier molecular flexibility index (Phi) is 69.3. The smallest absolute Gasteiger partial charge is 0.462 e. The van der Waals surface area contributed by atoms with Crippen LogP contribution in [0.1, 0.15) is 414 Å². The van der Waals surface area contributed by atoms with Gasteiger partial charge in [-0.25, -0.2) is 9.13 Å². The summed E-state index contributed by atoms with van der Waals surface area (Å²) in [5.41, 5.74) is 0. The number of carbonyl (C=O) groups is 4. The van der Waals surface area contributed by atoms with Crippen molar-refractivity contribution in [2.75, 3.05) is 39.6 Å². The highest BCUT2D eigenvalue weighted by Gasteiger charge is 2.30. The van der Waals surface area contributed by atoms with E-state index in [2.05, 4.69) is 41.5 Å². The molecule has 0 bridgehead atoms. The van der Waals surface area contributed by atoms with E-state index in [4.69, 9.17) is 37.0 Å². The van der Waals surface area contributed by atoms with Crippen LogP contribution in [-0.4, -0.2) is 96.7 Å². The molecule has 19 heteroatoms. The van der Waals surface area contributed by atoms with Gasteiger partial charge in [-0.05, 0) is 37.5 Å². The third kappa shape index (κ3) is 71.1. The van der Waals surface area contributed by atoms with E-state index in [1.807, 2.05) is 0 Å². The summed E-state index contributed by atoms with van der Waals surface area (Å²) in [4.78, 5) is 72.9. The lowest BCUT2D eigenvalue weighted by Crippen LogP contribution is -2.30. The maximum atomic E-state index is 13.1. The first-order chi connectivity index (χ1) is 47.4. The zero-order valence-corrected chi connectivity index (χ0v) is 65.9. The van der Waals surface area contributed by atoms with Gasteiger partial charge in [0.1, 0.15) is 19.3 Å². The van der Waals surface area contributed by atoms with Crippen LogP contribution < -0.4 is 0 Å². The van der Waals surface area contributed by atoms with Gasteiger partial charge in [-0.3, -0.25) is 37.3 Å². The monoisotopic (exact) mass is 1440 g/mol. The van der Waals surface area contributed by atoms with Gasteiger partial charge in [0.05, 0.1) is 26.4 Å². The summed E-state index contributed by atoms with van der Waals surface area (Å²) in [5.74, 6) is -0.587. The fourth-order valence-electron chi connectivity index (χ4n) is 12.2. The molecule has 0 rings (SSSR count). The molecule has 0 amide bonds. The summed E-state index contributed by atoms with van der Waals surface area (Å²) in [5, 5.41) is 10.6. The minimum atomic E-state index is -4.96. The van der Waals surface area contributed by atoms with Gasteiger partial charge < -0.3 is 33.8 Å². The van der Waals surface area contributed by atoms with Crippen molar-refractivity contribution in [3.05, 3.63) is 0 Å². The standard InChI is InChI=1S/C79H154O17P2/c1-7-10-12-14-16-18-20-21-22-23-24-25-26-27-28-29-30-32-38-45-51-57-63-78(83)95-74(67-90-77(82)62-56-50-44-37-34-33-35-42-48-54-60-72(6)9-3)69-93-97(85,86)91-65-73(80)66-92-98(87,88)94-70-75(96-79(84)64-58-52-46-40-39-41-47-53-59-71(4)5)68-89-76(81)61-55-49-43-36-31-19-17-15-13-11-8-2/h71-75,80H,7-70H2,1-6H3,(H,85,86)(H,87,88)/t72?,73-,74-,75-/m1/s1. The van der Waals surface area contributed by atoms with Crippen molar-refractivity contribution in [1.82, 2.24) is 0 Å². The molecule has 0 fully saturated rings. The van der Waals surface area contributed by atoms with E-state index in [9.17, 15) is 43.2 Å². The number of hydrogen-bond acceptors (Lipinski definition) is 15. The van der Waals surface area contributed by atoms with Crippen LogP contribution in [0.25, 0.3) is 0 Å². The first-order valence-corrected chi connectivity index (χ1v) is 44.0. The second-order valence-electron chi connectivity index (χ2n) is 29.2. The SMILES string of the molecule is CCCCCCCCCCCCCCCCCCCCCCCCC(=O)O[C@H](COC(=O)CCCCCCCCCCCCC(C)CC)COP(=O)(O)OC[C@@H](O)COP(=O)(O)OC[C@@H](COC(=O)CCCCCCCCCCCCC)OC(=O)CCCCCCCCCCC(C)C. The fraction of sp³-hybridized carbons (Fsp3) is 0.949. The lowest BCUT2D eigenvalue weighted by atomic mass is 9.99. The Morgan fingerprint density at radius 2 is 0.520 bits per heavy atom. The molecule has 3 unspecified atom stereocenters. The molecule has 0 aromatic carbocycles. The molecule has 0 radical (unpaired) electrons. The molecule has 0 aliphatic rings. The van der Waals surface area contributed by atoms with Crippen LogP contribution in [0, 0.1) is 11.8 Å². The number of esters is 4. The van der Waals surface area contributed by atoms with Crippen LogP contribution in [0.5, 0.6) is 0 Å². The summed E-state index contributed by atoms with van der Waals surface area (Å²) >= 11 is 0. The van der Waals surface area contributed by atoms with E-state index < -0.39 is 97.5 Å². The largest absolute Gasteiger partial charge is 0.472 e. The lowest BCUT2D eigenvalue weighted by molar-refractivity contribution is -0.161. The summed E-state index contributed by atoms with van der Waals surface area (Å²) in [6, 6.07) is 0. The molecule has 582 valence electrons. The highest BCUT2D eigenvalue weighted by molar-refractivity contribution is 7.47. The molecule has 0 heterocycles. The number of aliphatic hydroxyl groups excluding tert-OH is 1. The highest BCUT2D eigenvalue weighted by atomic mass is 31.2. The fourth-order valence-corrected chi connectivity index (χ4v) is 13.7. The van der Waals surface area contributed by atoms with Crippen LogP contribution in [0.3, 0.4) is 0 Å². The Hall–Kier alpha value is -1.94. The van der Waals surface area contributed by atoms with Crippen LogP contribution in [0.15, 0.2) is 0 Å². The first kappa shape index (κ1) is 96.1. The van der Waals surface area contributed by atoms with E-state index in [1.165, 1.54) is 231 Å². The molecule has 17 nitrogen and oxygen atoms in total. The van der Waals surface area contributed by atoms with Crippen molar-refractivity contribution < 1.29 is 80.2 Å². The normalized spacial score (nSPS) is 14.2. The minimum absolute atomic E-state index is 0.105. The second kappa shape index (κ2) is 70.7. The molecular weight excluding hydrogens is 1280 g/mol. The molecule has 98 heavy (non-hydrogen) atoms. The van der Waals surface area contributed by atoms with Gasteiger partial charge in [-0.15, -0.1) is 0 Å². The van der Waals surface area contributed by atoms with Crippen LogP contribution >= 0.6 is 15.6 Å². The second-order valence-corrected chi connectivity index (χ2v) is 32.1. The number of unbranched alkanes of at least 4 members (excludes halogenated alkanes) is 47. The molecule has 3 N–H and O–H groups in total. The molecule has 0 aromatic rings. The zero-order valence-electron chi connectivity index (χ0n) is 64.1. The minimum Gasteiger partial charge on any atom is -0.462 e. The predicted molar refractivity (Wildman–Crippen MR) is 400 cm³/mol. The van der Waals surface area contributed by atoms with Gasteiger partial charge >= 0.3 is 39.5 Å². The lowest BCUT2D eigenvalue weighted by Gasteiger charge is -2.21. The van der Waals surface area contributed by atoms with Crippen molar-refractivity contribution in [3.8, 4) is 0 Å². The number of carbonyl (C=O) groups excluding carboxylic acids is 4. The maximum Gasteiger partial charge on any atom is 0.472 e. The number of phosphoric ester groups is 2. The maximum absolute atomic E-state index is 13.1. The van der Waals surface area contributed by atoms with Gasteiger partial charge in [0.15, 0.2) is 12.2 Å². The van der Waals surface area contributed by atoms with E-state index in [0.717, 1.165) is 102 Å². The van der Waals surface area contributed by atoms with Crippen molar-refractivity contribution in [2.45, 2.75) is 432 Å². The van der Waals surface area contributed by atoms with Gasteiger partial charge in [0.2, 0.25) is 0 Å². The number of aliphatic hydroxyl groups is 1. The quantitative estimate of drug-likeness (QED) is 0.0222.